The number of rotatable bonds is 1. The summed E-state index contributed by atoms with van der Waals surface area (Å²) >= 11 is 0. The van der Waals surface area contributed by atoms with Gasteiger partial charge in [0.15, 0.2) is 5.78 Å². The average molecular weight is 232 g/mol. The van der Waals surface area contributed by atoms with E-state index in [-0.39, 0.29) is 18.4 Å². The molecule has 3 rings (SSSR count). The molecule has 0 aromatic carbocycles. The highest BCUT2D eigenvalue weighted by atomic mass is 16.3. The van der Waals surface area contributed by atoms with E-state index in [1.807, 2.05) is 24.0 Å². The van der Waals surface area contributed by atoms with Crippen molar-refractivity contribution in [1.82, 2.24) is 9.88 Å². The molecule has 2 aliphatic rings. The Labute approximate surface area is 99.9 Å². The Morgan fingerprint density at radius 1 is 1.59 bits per heavy atom. The number of Topliss-reactive ketones (excluding diaryl/α,β-unsaturated/α-hetero) is 1. The van der Waals surface area contributed by atoms with E-state index in [9.17, 15) is 9.90 Å². The lowest BCUT2D eigenvalue weighted by Crippen LogP contribution is -2.32. The van der Waals surface area contributed by atoms with Crippen molar-refractivity contribution in [2.75, 3.05) is 13.3 Å². The van der Waals surface area contributed by atoms with Gasteiger partial charge in [0.25, 0.3) is 0 Å². The summed E-state index contributed by atoms with van der Waals surface area (Å²) in [5.74, 6) is 0.159. The van der Waals surface area contributed by atoms with Gasteiger partial charge >= 0.3 is 0 Å². The zero-order valence-electron chi connectivity index (χ0n) is 9.86. The molecule has 1 unspecified atom stereocenters. The molecule has 0 saturated heterocycles. The molecule has 17 heavy (non-hydrogen) atoms. The molecule has 0 spiro atoms. The van der Waals surface area contributed by atoms with E-state index in [2.05, 4.69) is 4.98 Å². The normalized spacial score (nSPS) is 23.6. The van der Waals surface area contributed by atoms with E-state index >= 15 is 0 Å². The molecule has 4 heteroatoms. The van der Waals surface area contributed by atoms with Crippen molar-refractivity contribution in [3.05, 3.63) is 28.6 Å². The van der Waals surface area contributed by atoms with Gasteiger partial charge in [-0.3, -0.25) is 9.69 Å². The Morgan fingerprint density at radius 2 is 2.41 bits per heavy atom. The zero-order valence-corrected chi connectivity index (χ0v) is 9.86. The van der Waals surface area contributed by atoms with Crippen LogP contribution in [0.2, 0.25) is 0 Å². The lowest BCUT2D eigenvalue weighted by Gasteiger charge is -2.25. The Hall–Kier alpha value is -1.39. The van der Waals surface area contributed by atoms with Crippen molar-refractivity contribution in [2.24, 2.45) is 5.92 Å². The number of hydrogen-bond donors (Lipinski definition) is 2. The minimum atomic E-state index is -0.0353. The molecular weight excluding hydrogens is 216 g/mol. The lowest BCUT2D eigenvalue weighted by molar-refractivity contribution is 0.0908. The minimum Gasteiger partial charge on any atom is -0.381 e. The fourth-order valence-electron chi connectivity index (χ4n) is 2.66. The summed E-state index contributed by atoms with van der Waals surface area (Å²) in [5, 5.41) is 9.19. The Kier molecular flexibility index (Phi) is 2.42. The molecule has 0 bridgehead atoms. The lowest BCUT2D eigenvalue weighted by atomic mass is 9.89. The molecule has 2 heterocycles. The van der Waals surface area contributed by atoms with Gasteiger partial charge in [-0.25, -0.2) is 0 Å². The van der Waals surface area contributed by atoms with Gasteiger partial charge < -0.3 is 10.1 Å². The van der Waals surface area contributed by atoms with Crippen molar-refractivity contribution >= 4 is 11.9 Å². The number of aromatic amines is 1. The number of aliphatic hydroxyl groups excluding tert-OH is 1. The van der Waals surface area contributed by atoms with Crippen LogP contribution in [0.15, 0.2) is 6.08 Å². The number of fused-ring (bicyclic) bond motifs is 3. The summed E-state index contributed by atoms with van der Waals surface area (Å²) in [6, 6.07) is 0. The Balaban J connectivity index is 2.08. The predicted molar refractivity (Wildman–Crippen MR) is 64.5 cm³/mol. The maximum Gasteiger partial charge on any atom is 0.171 e. The molecule has 1 aliphatic carbocycles. The first-order valence-corrected chi connectivity index (χ1v) is 6.00. The number of H-pyrrole nitrogens is 1. The SMILES string of the molecule is CC1C=Cc2[nH]c3c(c2C1=O)CN(CO)CC3. The third-order valence-electron chi connectivity index (χ3n) is 3.69. The number of aliphatic hydroxyl groups is 1. The average Bonchev–Trinajstić information content (AvgIpc) is 2.71. The number of allylic oxidation sites excluding steroid dienone is 1. The highest BCUT2D eigenvalue weighted by Crippen LogP contribution is 2.31. The van der Waals surface area contributed by atoms with Crippen molar-refractivity contribution in [2.45, 2.75) is 19.9 Å². The second-order valence-electron chi connectivity index (χ2n) is 4.83. The zero-order chi connectivity index (χ0) is 12.0. The summed E-state index contributed by atoms with van der Waals surface area (Å²) in [5.41, 5.74) is 4.03. The van der Waals surface area contributed by atoms with Crippen LogP contribution in [0.4, 0.5) is 0 Å². The molecule has 4 nitrogen and oxygen atoms in total. The van der Waals surface area contributed by atoms with Crippen LogP contribution in [0.1, 0.15) is 34.2 Å². The van der Waals surface area contributed by atoms with Crippen molar-refractivity contribution in [3.8, 4) is 0 Å². The molecule has 90 valence electrons. The second-order valence-corrected chi connectivity index (χ2v) is 4.83. The van der Waals surface area contributed by atoms with Gasteiger partial charge in [0.05, 0.1) is 6.73 Å². The monoisotopic (exact) mass is 232 g/mol. The van der Waals surface area contributed by atoms with Crippen LogP contribution in [-0.2, 0) is 13.0 Å². The third kappa shape index (κ3) is 1.56. The molecule has 1 aromatic heterocycles. The van der Waals surface area contributed by atoms with Crippen LogP contribution in [-0.4, -0.2) is 34.0 Å². The van der Waals surface area contributed by atoms with Crippen molar-refractivity contribution in [1.29, 1.82) is 0 Å². The van der Waals surface area contributed by atoms with E-state index in [1.165, 1.54) is 0 Å². The largest absolute Gasteiger partial charge is 0.381 e. The smallest absolute Gasteiger partial charge is 0.171 e. The van der Waals surface area contributed by atoms with Gasteiger partial charge in [-0.1, -0.05) is 13.0 Å². The number of hydrogen-bond acceptors (Lipinski definition) is 3. The molecule has 0 fully saturated rings. The van der Waals surface area contributed by atoms with Crippen LogP contribution in [0.25, 0.3) is 6.08 Å². The van der Waals surface area contributed by atoms with Gasteiger partial charge in [0, 0.05) is 42.4 Å². The molecule has 1 aliphatic heterocycles. The first kappa shape index (κ1) is 10.7. The van der Waals surface area contributed by atoms with E-state index in [1.54, 1.807) is 0 Å². The van der Waals surface area contributed by atoms with E-state index < -0.39 is 0 Å². The first-order valence-electron chi connectivity index (χ1n) is 6.00. The maximum absolute atomic E-state index is 12.2. The highest BCUT2D eigenvalue weighted by Gasteiger charge is 2.30. The van der Waals surface area contributed by atoms with Crippen LogP contribution >= 0.6 is 0 Å². The Bertz CT molecular complexity index is 502. The summed E-state index contributed by atoms with van der Waals surface area (Å²) < 4.78 is 0. The highest BCUT2D eigenvalue weighted by molar-refractivity contribution is 6.05. The van der Waals surface area contributed by atoms with E-state index in [4.69, 9.17) is 0 Å². The number of nitrogens with one attached hydrogen (secondary N) is 1. The van der Waals surface area contributed by atoms with Crippen molar-refractivity contribution < 1.29 is 9.90 Å². The topological polar surface area (TPSA) is 56.3 Å². The molecule has 0 amide bonds. The van der Waals surface area contributed by atoms with Gasteiger partial charge in [-0.2, -0.15) is 0 Å². The summed E-state index contributed by atoms with van der Waals surface area (Å²) in [6.45, 7) is 3.49. The minimum absolute atomic E-state index is 0.0353. The quantitative estimate of drug-likeness (QED) is 0.764. The summed E-state index contributed by atoms with van der Waals surface area (Å²) in [4.78, 5) is 17.5. The van der Waals surface area contributed by atoms with E-state index in [0.29, 0.717) is 6.54 Å². The molecule has 2 N–H and O–H groups in total. The summed E-state index contributed by atoms with van der Waals surface area (Å²) in [6.07, 6.45) is 4.82. The third-order valence-corrected chi connectivity index (χ3v) is 3.69. The molecular formula is C13H16N2O2. The maximum atomic E-state index is 12.2. The standard InChI is InChI=1S/C13H16N2O2/c1-8-2-3-11-12(13(8)17)9-6-15(7-16)5-4-10(9)14-11/h2-3,8,14,16H,4-7H2,1H3. The first-order chi connectivity index (χ1) is 8.20. The number of nitrogens with zero attached hydrogens (tertiary/aromatic N) is 1. The van der Waals surface area contributed by atoms with Crippen LogP contribution in [0.3, 0.4) is 0 Å². The number of aromatic nitrogens is 1. The summed E-state index contributed by atoms with van der Waals surface area (Å²) in [7, 11) is 0. The van der Waals surface area contributed by atoms with Crippen molar-refractivity contribution in [3.63, 3.8) is 0 Å². The number of carbonyl (C=O) groups excluding carboxylic acids is 1. The number of ketones is 1. The van der Waals surface area contributed by atoms with Crippen LogP contribution < -0.4 is 0 Å². The van der Waals surface area contributed by atoms with E-state index in [0.717, 1.165) is 35.5 Å². The predicted octanol–water partition coefficient (Wildman–Crippen LogP) is 1.17. The molecule has 1 atom stereocenters. The van der Waals surface area contributed by atoms with Crippen LogP contribution in [0.5, 0.6) is 0 Å². The number of carbonyl (C=O) groups is 1. The molecule has 1 aromatic rings. The molecule has 0 radical (unpaired) electrons. The Morgan fingerprint density at radius 3 is 3.18 bits per heavy atom. The second kappa shape index (κ2) is 3.82. The van der Waals surface area contributed by atoms with Gasteiger partial charge in [-0.05, 0) is 11.6 Å². The van der Waals surface area contributed by atoms with Gasteiger partial charge in [-0.15, -0.1) is 0 Å². The van der Waals surface area contributed by atoms with Gasteiger partial charge in [0.1, 0.15) is 0 Å². The fourth-order valence-corrected chi connectivity index (χ4v) is 2.66. The van der Waals surface area contributed by atoms with Gasteiger partial charge in [0.2, 0.25) is 0 Å². The fraction of sp³-hybridized carbons (Fsp3) is 0.462. The molecule has 0 saturated carbocycles. The van der Waals surface area contributed by atoms with Crippen LogP contribution in [0, 0.1) is 5.92 Å².